The first-order valence-corrected chi connectivity index (χ1v) is 11.1. The summed E-state index contributed by atoms with van der Waals surface area (Å²) >= 11 is 0. The molecule has 1 aromatic heterocycles. The minimum absolute atomic E-state index is 0.243. The Morgan fingerprint density at radius 2 is 1.70 bits per heavy atom. The fourth-order valence-electron chi connectivity index (χ4n) is 3.97. The van der Waals surface area contributed by atoms with E-state index in [1.54, 1.807) is 14.2 Å². The second kappa shape index (κ2) is 9.38. The minimum Gasteiger partial charge on any atom is -0.493 e. The van der Waals surface area contributed by atoms with Gasteiger partial charge in [0.2, 0.25) is 0 Å². The highest BCUT2D eigenvalue weighted by Gasteiger charge is 2.23. The molecule has 1 aromatic carbocycles. The Balaban J connectivity index is 1.92. The molecule has 0 amide bonds. The molecule has 2 aromatic rings. The predicted molar refractivity (Wildman–Crippen MR) is 124 cm³/mol. The zero-order chi connectivity index (χ0) is 21.9. The van der Waals surface area contributed by atoms with Crippen LogP contribution < -0.4 is 14.8 Å². The van der Waals surface area contributed by atoms with E-state index in [0.29, 0.717) is 23.6 Å². The van der Waals surface area contributed by atoms with Crippen molar-refractivity contribution in [3.05, 3.63) is 18.0 Å². The summed E-state index contributed by atoms with van der Waals surface area (Å²) in [5.41, 5.74) is 1.14. The highest BCUT2D eigenvalue weighted by atomic mass is 16.5. The molecule has 166 valence electrons. The second-order valence-corrected chi connectivity index (χ2v) is 9.82. The second-order valence-electron chi connectivity index (χ2n) is 9.82. The van der Waals surface area contributed by atoms with E-state index in [-0.39, 0.29) is 5.41 Å². The van der Waals surface area contributed by atoms with Crippen LogP contribution in [0.3, 0.4) is 0 Å². The molecule has 0 aliphatic carbocycles. The SMILES string of the molecule is COc1cc2nc(CCC(C)(C)C)nc(NC3CCN(C(C)C)CC3)c2cc1OC. The highest BCUT2D eigenvalue weighted by Crippen LogP contribution is 2.35. The van der Waals surface area contributed by atoms with Gasteiger partial charge in [0.1, 0.15) is 11.6 Å². The van der Waals surface area contributed by atoms with E-state index in [1.807, 2.05) is 12.1 Å². The molecule has 6 nitrogen and oxygen atoms in total. The number of nitrogens with one attached hydrogen (secondary N) is 1. The first-order chi connectivity index (χ1) is 14.2. The molecule has 1 N–H and O–H groups in total. The Morgan fingerprint density at radius 1 is 1.07 bits per heavy atom. The molecule has 0 spiro atoms. The first-order valence-electron chi connectivity index (χ1n) is 11.1. The maximum Gasteiger partial charge on any atom is 0.162 e. The highest BCUT2D eigenvalue weighted by molar-refractivity contribution is 5.92. The van der Waals surface area contributed by atoms with Crippen LogP contribution in [0.5, 0.6) is 11.5 Å². The Bertz CT molecular complexity index is 852. The summed E-state index contributed by atoms with van der Waals surface area (Å²) in [5, 5.41) is 4.72. The summed E-state index contributed by atoms with van der Waals surface area (Å²) in [6, 6.07) is 4.98. The molecular weight excluding hydrogens is 376 g/mol. The number of rotatable bonds is 7. The zero-order valence-corrected chi connectivity index (χ0v) is 19.7. The minimum atomic E-state index is 0.243. The first kappa shape index (κ1) is 22.6. The van der Waals surface area contributed by atoms with Crippen molar-refractivity contribution in [2.45, 2.75) is 72.4 Å². The molecule has 1 fully saturated rings. The van der Waals surface area contributed by atoms with E-state index < -0.39 is 0 Å². The van der Waals surface area contributed by atoms with Crippen molar-refractivity contribution in [1.29, 1.82) is 0 Å². The van der Waals surface area contributed by atoms with Crippen LogP contribution in [0.25, 0.3) is 10.9 Å². The number of likely N-dealkylation sites (tertiary alicyclic amines) is 1. The Kier molecular flexibility index (Phi) is 7.06. The van der Waals surface area contributed by atoms with Gasteiger partial charge >= 0.3 is 0 Å². The number of fused-ring (bicyclic) bond motifs is 1. The average molecular weight is 415 g/mol. The lowest BCUT2D eigenvalue weighted by molar-refractivity contribution is 0.177. The Morgan fingerprint density at radius 3 is 2.27 bits per heavy atom. The normalized spacial score (nSPS) is 16.3. The third-order valence-electron chi connectivity index (χ3n) is 5.95. The molecular formula is C24H38N4O2. The van der Waals surface area contributed by atoms with Crippen LogP contribution in [0.15, 0.2) is 12.1 Å². The molecule has 1 aliphatic heterocycles. The van der Waals surface area contributed by atoms with Gasteiger partial charge in [0.05, 0.1) is 19.7 Å². The molecule has 2 heterocycles. The summed E-state index contributed by atoms with van der Waals surface area (Å²) in [6.07, 6.45) is 4.13. The smallest absolute Gasteiger partial charge is 0.162 e. The van der Waals surface area contributed by atoms with Crippen molar-refractivity contribution in [3.63, 3.8) is 0 Å². The molecule has 0 unspecified atom stereocenters. The van der Waals surface area contributed by atoms with Crippen LogP contribution in [0.2, 0.25) is 0 Å². The molecule has 1 aliphatic rings. The van der Waals surface area contributed by atoms with Crippen molar-refractivity contribution < 1.29 is 9.47 Å². The monoisotopic (exact) mass is 414 g/mol. The van der Waals surface area contributed by atoms with Gasteiger partial charge in [-0.3, -0.25) is 0 Å². The summed E-state index contributed by atoms with van der Waals surface area (Å²) < 4.78 is 11.0. The third-order valence-corrected chi connectivity index (χ3v) is 5.95. The van der Waals surface area contributed by atoms with Crippen LogP contribution in [-0.4, -0.2) is 54.3 Å². The largest absolute Gasteiger partial charge is 0.493 e. The van der Waals surface area contributed by atoms with Crippen LogP contribution in [0.1, 0.15) is 59.7 Å². The zero-order valence-electron chi connectivity index (χ0n) is 19.7. The number of anilines is 1. The van der Waals surface area contributed by atoms with E-state index in [0.717, 1.165) is 61.3 Å². The quantitative estimate of drug-likeness (QED) is 0.695. The number of nitrogens with zero attached hydrogens (tertiary/aromatic N) is 3. The number of aromatic nitrogens is 2. The maximum absolute atomic E-state index is 5.54. The lowest BCUT2D eigenvalue weighted by Gasteiger charge is -2.35. The van der Waals surface area contributed by atoms with Crippen molar-refractivity contribution in [1.82, 2.24) is 14.9 Å². The Hall–Kier alpha value is -2.08. The van der Waals surface area contributed by atoms with Gasteiger partial charge in [-0.2, -0.15) is 0 Å². The van der Waals surface area contributed by atoms with E-state index >= 15 is 0 Å². The van der Waals surface area contributed by atoms with Crippen molar-refractivity contribution in [2.75, 3.05) is 32.6 Å². The number of hydrogen-bond donors (Lipinski definition) is 1. The number of aryl methyl sites for hydroxylation is 1. The van der Waals surface area contributed by atoms with Crippen molar-refractivity contribution in [2.24, 2.45) is 5.41 Å². The summed E-state index contributed by atoms with van der Waals surface area (Å²) in [6.45, 7) is 13.5. The lowest BCUT2D eigenvalue weighted by atomic mass is 9.90. The lowest BCUT2D eigenvalue weighted by Crippen LogP contribution is -2.42. The number of ether oxygens (including phenoxy) is 2. The third kappa shape index (κ3) is 5.54. The van der Waals surface area contributed by atoms with Gasteiger partial charge in [0.15, 0.2) is 11.5 Å². The van der Waals surface area contributed by atoms with E-state index in [4.69, 9.17) is 19.4 Å². The number of benzene rings is 1. The fourth-order valence-corrected chi connectivity index (χ4v) is 3.97. The molecule has 6 heteroatoms. The number of hydrogen-bond acceptors (Lipinski definition) is 6. The van der Waals surface area contributed by atoms with Crippen LogP contribution in [0.4, 0.5) is 5.82 Å². The van der Waals surface area contributed by atoms with Crippen LogP contribution in [-0.2, 0) is 6.42 Å². The molecule has 0 bridgehead atoms. The van der Waals surface area contributed by atoms with Crippen LogP contribution in [0, 0.1) is 5.41 Å². The molecule has 1 saturated heterocycles. The van der Waals surface area contributed by atoms with Gasteiger partial charge in [-0.1, -0.05) is 20.8 Å². The van der Waals surface area contributed by atoms with Gasteiger partial charge in [0, 0.05) is 43.0 Å². The van der Waals surface area contributed by atoms with E-state index in [9.17, 15) is 0 Å². The van der Waals surface area contributed by atoms with Gasteiger partial charge in [0.25, 0.3) is 0 Å². The van der Waals surface area contributed by atoms with Gasteiger partial charge < -0.3 is 19.7 Å². The van der Waals surface area contributed by atoms with Gasteiger partial charge in [-0.15, -0.1) is 0 Å². The van der Waals surface area contributed by atoms with Gasteiger partial charge in [-0.25, -0.2) is 9.97 Å². The molecule has 30 heavy (non-hydrogen) atoms. The number of piperidine rings is 1. The molecule has 3 rings (SSSR count). The summed E-state index contributed by atoms with van der Waals surface area (Å²) in [7, 11) is 3.32. The molecule has 0 radical (unpaired) electrons. The Labute approximate surface area is 181 Å². The molecule has 0 atom stereocenters. The standard InChI is InChI=1S/C24H38N4O2/c1-16(2)28-12-9-17(10-13-28)25-23-18-14-20(29-6)21(30-7)15-19(18)26-22(27-23)8-11-24(3,4)5/h14-17H,8-13H2,1-7H3,(H,25,26,27). The summed E-state index contributed by atoms with van der Waals surface area (Å²) in [5.74, 6) is 3.19. The van der Waals surface area contributed by atoms with E-state index in [1.165, 1.54) is 0 Å². The summed E-state index contributed by atoms with van der Waals surface area (Å²) in [4.78, 5) is 12.3. The fraction of sp³-hybridized carbons (Fsp3) is 0.667. The average Bonchev–Trinajstić information content (AvgIpc) is 2.71. The van der Waals surface area contributed by atoms with Crippen LogP contribution >= 0.6 is 0 Å². The number of methoxy groups -OCH3 is 2. The topological polar surface area (TPSA) is 59.5 Å². The molecule has 0 saturated carbocycles. The van der Waals surface area contributed by atoms with Crippen molar-refractivity contribution >= 4 is 16.7 Å². The predicted octanol–water partition coefficient (Wildman–Crippen LogP) is 4.91. The van der Waals surface area contributed by atoms with Crippen molar-refractivity contribution in [3.8, 4) is 11.5 Å². The van der Waals surface area contributed by atoms with E-state index in [2.05, 4.69) is 44.8 Å². The van der Waals surface area contributed by atoms with Gasteiger partial charge in [-0.05, 0) is 44.6 Å². The maximum atomic E-state index is 5.54.